The molecule has 0 saturated heterocycles. The number of sulfonamides is 1. The molecule has 0 saturated carbocycles. The number of H-pyrrole nitrogens is 1. The Morgan fingerprint density at radius 1 is 1.09 bits per heavy atom. The molecule has 0 radical (unpaired) electrons. The minimum Gasteiger partial charge on any atom is -0.496 e. The molecule has 0 atom stereocenters. The van der Waals surface area contributed by atoms with Crippen molar-refractivity contribution in [3.05, 3.63) is 60.2 Å². The van der Waals surface area contributed by atoms with Crippen molar-refractivity contribution in [1.29, 1.82) is 0 Å². The van der Waals surface area contributed by atoms with Gasteiger partial charge in [-0.05, 0) is 35.2 Å². The highest BCUT2D eigenvalue weighted by Gasteiger charge is 2.18. The van der Waals surface area contributed by atoms with Gasteiger partial charge in [0.15, 0.2) is 5.82 Å². The number of nitrogens with zero attached hydrogens (tertiary/aromatic N) is 1. The molecule has 1 amide bonds. The van der Waals surface area contributed by atoms with Crippen LogP contribution in [0, 0.1) is 0 Å². The normalized spacial score (nSPS) is 11.9. The van der Waals surface area contributed by atoms with Crippen LogP contribution < -0.4 is 14.8 Å². The SMILES string of the molecule is COc1ccccc1-c1cc(NC(=O)CCNS(=O)(=O)c2ccc(C(C)(C)C)cc2)n[nH]1. The van der Waals surface area contributed by atoms with E-state index >= 15 is 0 Å². The van der Waals surface area contributed by atoms with Crippen LogP contribution in [0.3, 0.4) is 0 Å². The number of carbonyl (C=O) groups excluding carboxylic acids is 1. The Bertz CT molecular complexity index is 1180. The number of nitrogens with one attached hydrogen (secondary N) is 3. The first-order valence-electron chi connectivity index (χ1n) is 10.2. The van der Waals surface area contributed by atoms with Gasteiger partial charge in [-0.1, -0.05) is 45.0 Å². The molecule has 0 bridgehead atoms. The van der Waals surface area contributed by atoms with Crippen molar-refractivity contribution in [2.45, 2.75) is 37.5 Å². The van der Waals surface area contributed by atoms with Gasteiger partial charge in [0.1, 0.15) is 5.75 Å². The van der Waals surface area contributed by atoms with E-state index < -0.39 is 10.0 Å². The van der Waals surface area contributed by atoms with Crippen LogP contribution >= 0.6 is 0 Å². The van der Waals surface area contributed by atoms with Crippen LogP contribution in [0.1, 0.15) is 32.8 Å². The maximum absolute atomic E-state index is 12.5. The molecule has 170 valence electrons. The number of amides is 1. The smallest absolute Gasteiger partial charge is 0.240 e. The van der Waals surface area contributed by atoms with Gasteiger partial charge in [0.05, 0.1) is 17.7 Å². The van der Waals surface area contributed by atoms with E-state index in [4.69, 9.17) is 4.74 Å². The molecule has 9 heteroatoms. The van der Waals surface area contributed by atoms with E-state index in [0.717, 1.165) is 11.1 Å². The van der Waals surface area contributed by atoms with Gasteiger partial charge in [-0.2, -0.15) is 5.10 Å². The molecule has 1 aromatic heterocycles. The van der Waals surface area contributed by atoms with Gasteiger partial charge in [-0.15, -0.1) is 0 Å². The van der Waals surface area contributed by atoms with Crippen LogP contribution in [0.2, 0.25) is 0 Å². The lowest BCUT2D eigenvalue weighted by molar-refractivity contribution is -0.116. The zero-order chi connectivity index (χ0) is 23.4. The predicted molar refractivity (Wildman–Crippen MR) is 124 cm³/mol. The summed E-state index contributed by atoms with van der Waals surface area (Å²) in [4.78, 5) is 12.4. The van der Waals surface area contributed by atoms with Crippen molar-refractivity contribution in [3.8, 4) is 17.0 Å². The summed E-state index contributed by atoms with van der Waals surface area (Å²) in [5.74, 6) is 0.671. The number of aromatic nitrogens is 2. The quantitative estimate of drug-likeness (QED) is 0.478. The van der Waals surface area contributed by atoms with Gasteiger partial charge < -0.3 is 10.1 Å². The molecule has 0 unspecified atom stereocenters. The third-order valence-corrected chi connectivity index (χ3v) is 6.39. The fourth-order valence-electron chi connectivity index (χ4n) is 3.11. The Kier molecular flexibility index (Phi) is 7.00. The van der Waals surface area contributed by atoms with Crippen LogP contribution in [0.25, 0.3) is 11.3 Å². The van der Waals surface area contributed by atoms with Crippen LogP contribution in [-0.4, -0.2) is 38.2 Å². The first kappa shape index (κ1) is 23.5. The second-order valence-corrected chi connectivity index (χ2v) is 10.1. The summed E-state index contributed by atoms with van der Waals surface area (Å²) in [5.41, 5.74) is 2.48. The molecule has 3 rings (SSSR count). The number of rotatable bonds is 8. The molecule has 3 N–H and O–H groups in total. The standard InChI is InChI=1S/C23H28N4O4S/c1-23(2,3)16-9-11-17(12-10-16)32(29,30)24-14-13-22(28)25-21-15-19(26-27-21)18-7-5-6-8-20(18)31-4/h5-12,15,24H,13-14H2,1-4H3,(H2,25,26,27,28). The van der Waals surface area contributed by atoms with Crippen LogP contribution in [0.15, 0.2) is 59.5 Å². The highest BCUT2D eigenvalue weighted by Crippen LogP contribution is 2.29. The van der Waals surface area contributed by atoms with E-state index in [2.05, 4.69) is 41.0 Å². The summed E-state index contributed by atoms with van der Waals surface area (Å²) < 4.78 is 32.8. The number of aromatic amines is 1. The Balaban J connectivity index is 1.55. The van der Waals surface area contributed by atoms with Gasteiger partial charge in [0.2, 0.25) is 15.9 Å². The average molecular weight is 457 g/mol. The second-order valence-electron chi connectivity index (χ2n) is 8.34. The third kappa shape index (κ3) is 5.74. The molecule has 2 aromatic carbocycles. The first-order chi connectivity index (χ1) is 15.1. The lowest BCUT2D eigenvalue weighted by atomic mass is 9.87. The van der Waals surface area contributed by atoms with Crippen molar-refractivity contribution in [2.24, 2.45) is 0 Å². The first-order valence-corrected chi connectivity index (χ1v) is 11.7. The Morgan fingerprint density at radius 3 is 2.44 bits per heavy atom. The zero-order valence-electron chi connectivity index (χ0n) is 18.6. The van der Waals surface area contributed by atoms with Gasteiger partial charge in [-0.3, -0.25) is 9.89 Å². The Labute approximate surface area is 188 Å². The number of benzene rings is 2. The van der Waals surface area contributed by atoms with Crippen LogP contribution in [0.5, 0.6) is 5.75 Å². The molecule has 8 nitrogen and oxygen atoms in total. The lowest BCUT2D eigenvalue weighted by Gasteiger charge is -2.19. The molecule has 0 fully saturated rings. The van der Waals surface area contributed by atoms with E-state index in [1.807, 2.05) is 24.3 Å². The molecule has 0 aliphatic carbocycles. The molecule has 0 spiro atoms. The van der Waals surface area contributed by atoms with Crippen molar-refractivity contribution >= 4 is 21.7 Å². The minimum atomic E-state index is -3.70. The van der Waals surface area contributed by atoms with Gasteiger partial charge in [0, 0.05) is 24.6 Å². The zero-order valence-corrected chi connectivity index (χ0v) is 19.4. The molecule has 0 aliphatic rings. The monoisotopic (exact) mass is 456 g/mol. The fraction of sp³-hybridized carbons (Fsp3) is 0.304. The highest BCUT2D eigenvalue weighted by molar-refractivity contribution is 7.89. The van der Waals surface area contributed by atoms with E-state index in [-0.39, 0.29) is 29.2 Å². The molecule has 1 heterocycles. The number of ether oxygens (including phenoxy) is 1. The maximum atomic E-state index is 12.5. The predicted octanol–water partition coefficient (Wildman–Crippen LogP) is 3.69. The van der Waals surface area contributed by atoms with Crippen LogP contribution in [0.4, 0.5) is 5.82 Å². The number of hydrogen-bond donors (Lipinski definition) is 3. The summed E-state index contributed by atoms with van der Waals surface area (Å²) >= 11 is 0. The number of anilines is 1. The number of carbonyl (C=O) groups is 1. The Morgan fingerprint density at radius 2 is 1.78 bits per heavy atom. The van der Waals surface area contributed by atoms with Gasteiger partial charge >= 0.3 is 0 Å². The molecular formula is C23H28N4O4S. The van der Waals surface area contributed by atoms with Crippen LogP contribution in [-0.2, 0) is 20.2 Å². The fourth-order valence-corrected chi connectivity index (χ4v) is 4.14. The van der Waals surface area contributed by atoms with Crippen molar-refractivity contribution < 1.29 is 17.9 Å². The van der Waals surface area contributed by atoms with Crippen molar-refractivity contribution in [1.82, 2.24) is 14.9 Å². The second kappa shape index (κ2) is 9.54. The minimum absolute atomic E-state index is 0.0288. The highest BCUT2D eigenvalue weighted by atomic mass is 32.2. The lowest BCUT2D eigenvalue weighted by Crippen LogP contribution is -2.28. The van der Waals surface area contributed by atoms with Gasteiger partial charge in [-0.25, -0.2) is 13.1 Å². The topological polar surface area (TPSA) is 113 Å². The van der Waals surface area contributed by atoms with Gasteiger partial charge in [0.25, 0.3) is 0 Å². The number of hydrogen-bond acceptors (Lipinski definition) is 5. The Hall–Kier alpha value is -3.17. The third-order valence-electron chi connectivity index (χ3n) is 4.92. The number of para-hydroxylation sites is 1. The number of methoxy groups -OCH3 is 1. The summed E-state index contributed by atoms with van der Waals surface area (Å²) in [6.07, 6.45) is -0.0316. The average Bonchev–Trinajstić information content (AvgIpc) is 3.21. The van der Waals surface area contributed by atoms with E-state index in [9.17, 15) is 13.2 Å². The molecular weight excluding hydrogens is 428 g/mol. The largest absolute Gasteiger partial charge is 0.496 e. The molecule has 0 aliphatic heterocycles. The molecule has 3 aromatic rings. The molecule has 32 heavy (non-hydrogen) atoms. The van der Waals surface area contributed by atoms with E-state index in [0.29, 0.717) is 17.3 Å². The van der Waals surface area contributed by atoms with E-state index in [1.54, 1.807) is 37.4 Å². The maximum Gasteiger partial charge on any atom is 0.240 e. The summed E-state index contributed by atoms with van der Waals surface area (Å²) in [7, 11) is -2.12. The summed E-state index contributed by atoms with van der Waals surface area (Å²) in [6, 6.07) is 15.9. The summed E-state index contributed by atoms with van der Waals surface area (Å²) in [6.45, 7) is 6.16. The summed E-state index contributed by atoms with van der Waals surface area (Å²) in [5, 5.41) is 9.61. The van der Waals surface area contributed by atoms with E-state index in [1.165, 1.54) is 0 Å². The van der Waals surface area contributed by atoms with Crippen molar-refractivity contribution in [3.63, 3.8) is 0 Å². The van der Waals surface area contributed by atoms with Crippen molar-refractivity contribution in [2.75, 3.05) is 19.0 Å².